The maximum atomic E-state index is 12.2. The van der Waals surface area contributed by atoms with Crippen molar-refractivity contribution in [3.63, 3.8) is 0 Å². The molecule has 1 aliphatic rings. The summed E-state index contributed by atoms with van der Waals surface area (Å²) in [5.74, 6) is 0. The summed E-state index contributed by atoms with van der Waals surface area (Å²) in [7, 11) is 0. The molecule has 1 fully saturated rings. The predicted octanol–water partition coefficient (Wildman–Crippen LogP) is 4.40. The largest absolute Gasteiger partial charge is 0.322 e. The fraction of sp³-hybridized carbons (Fsp3) is 0.462. The van der Waals surface area contributed by atoms with E-state index in [-0.39, 0.29) is 12.1 Å². The van der Waals surface area contributed by atoms with Crippen LogP contribution in [0.25, 0.3) is 0 Å². The molecular weight excluding hydrogens is 271 g/mol. The molecule has 3 nitrogen and oxygen atoms in total. The first kappa shape index (κ1) is 13.5. The van der Waals surface area contributed by atoms with E-state index in [1.165, 1.54) is 6.42 Å². The van der Waals surface area contributed by atoms with Crippen LogP contribution in [-0.4, -0.2) is 23.5 Å². The number of rotatable bonds is 1. The van der Waals surface area contributed by atoms with Crippen molar-refractivity contribution in [1.82, 2.24) is 4.90 Å². The Kier molecular flexibility index (Phi) is 4.36. The normalized spacial score (nSPS) is 19.7. The van der Waals surface area contributed by atoms with Crippen molar-refractivity contribution in [3.05, 3.63) is 28.2 Å². The number of para-hydroxylation sites is 1. The lowest BCUT2D eigenvalue weighted by Crippen LogP contribution is -2.44. The highest BCUT2D eigenvalue weighted by Crippen LogP contribution is 2.30. The van der Waals surface area contributed by atoms with Gasteiger partial charge in [0.25, 0.3) is 0 Å². The maximum Gasteiger partial charge on any atom is 0.322 e. The summed E-state index contributed by atoms with van der Waals surface area (Å²) in [5.41, 5.74) is 0.489. The quantitative estimate of drug-likeness (QED) is 0.815. The number of hydrogen-bond donors (Lipinski definition) is 1. The summed E-state index contributed by atoms with van der Waals surface area (Å²) in [6.07, 6.45) is 3.27. The molecule has 0 aliphatic carbocycles. The molecule has 1 heterocycles. The van der Waals surface area contributed by atoms with Gasteiger partial charge in [0.05, 0.1) is 15.7 Å². The molecule has 0 spiro atoms. The molecule has 18 heavy (non-hydrogen) atoms. The summed E-state index contributed by atoms with van der Waals surface area (Å²) in [6.45, 7) is 2.85. The lowest BCUT2D eigenvalue weighted by molar-refractivity contribution is 0.170. The van der Waals surface area contributed by atoms with Gasteiger partial charge in [0.15, 0.2) is 0 Å². The van der Waals surface area contributed by atoms with E-state index in [4.69, 9.17) is 23.2 Å². The topological polar surface area (TPSA) is 32.3 Å². The summed E-state index contributed by atoms with van der Waals surface area (Å²) in [6, 6.07) is 5.31. The van der Waals surface area contributed by atoms with Crippen molar-refractivity contribution in [2.75, 3.05) is 11.9 Å². The van der Waals surface area contributed by atoms with Gasteiger partial charge in [0, 0.05) is 12.6 Å². The lowest BCUT2D eigenvalue weighted by Gasteiger charge is -2.33. The van der Waals surface area contributed by atoms with Crippen LogP contribution in [0, 0.1) is 0 Å². The first-order valence-electron chi connectivity index (χ1n) is 6.11. The van der Waals surface area contributed by atoms with Gasteiger partial charge < -0.3 is 10.2 Å². The number of halogens is 2. The maximum absolute atomic E-state index is 12.2. The minimum atomic E-state index is -0.128. The Morgan fingerprint density at radius 2 is 2.00 bits per heavy atom. The summed E-state index contributed by atoms with van der Waals surface area (Å²) < 4.78 is 0. The van der Waals surface area contributed by atoms with Gasteiger partial charge >= 0.3 is 6.03 Å². The summed E-state index contributed by atoms with van der Waals surface area (Å²) >= 11 is 12.1. The number of benzene rings is 1. The van der Waals surface area contributed by atoms with Gasteiger partial charge in [-0.25, -0.2) is 4.79 Å². The Morgan fingerprint density at radius 1 is 1.33 bits per heavy atom. The average molecular weight is 287 g/mol. The third-order valence-corrected chi connectivity index (χ3v) is 3.89. The van der Waals surface area contributed by atoms with E-state index in [0.717, 1.165) is 19.4 Å². The van der Waals surface area contributed by atoms with Crippen LogP contribution in [0.5, 0.6) is 0 Å². The summed E-state index contributed by atoms with van der Waals surface area (Å²) in [5, 5.41) is 3.72. The zero-order valence-corrected chi connectivity index (χ0v) is 11.8. The molecule has 2 rings (SSSR count). The van der Waals surface area contributed by atoms with Crippen molar-refractivity contribution in [2.45, 2.75) is 32.2 Å². The molecule has 1 saturated heterocycles. The number of hydrogen-bond acceptors (Lipinski definition) is 1. The number of carbonyl (C=O) groups is 1. The van der Waals surface area contributed by atoms with Crippen LogP contribution >= 0.6 is 23.2 Å². The molecule has 1 aromatic rings. The van der Waals surface area contributed by atoms with E-state index >= 15 is 0 Å². The minimum absolute atomic E-state index is 0.128. The zero-order chi connectivity index (χ0) is 13.1. The molecule has 0 unspecified atom stereocenters. The van der Waals surface area contributed by atoms with Crippen molar-refractivity contribution in [2.24, 2.45) is 0 Å². The van der Waals surface area contributed by atoms with Crippen molar-refractivity contribution in [1.29, 1.82) is 0 Å². The van der Waals surface area contributed by atoms with E-state index in [0.29, 0.717) is 15.7 Å². The number of urea groups is 1. The smallest absolute Gasteiger partial charge is 0.322 e. The molecule has 2 amide bonds. The van der Waals surface area contributed by atoms with Gasteiger partial charge in [-0.1, -0.05) is 29.3 Å². The second kappa shape index (κ2) is 5.81. The molecule has 0 bridgehead atoms. The molecule has 5 heteroatoms. The number of piperidine rings is 1. The first-order valence-corrected chi connectivity index (χ1v) is 6.87. The van der Waals surface area contributed by atoms with Crippen molar-refractivity contribution in [3.8, 4) is 0 Å². The van der Waals surface area contributed by atoms with Crippen LogP contribution in [-0.2, 0) is 0 Å². The van der Waals surface area contributed by atoms with Crippen LogP contribution in [0.2, 0.25) is 10.0 Å². The van der Waals surface area contributed by atoms with Crippen LogP contribution in [0.1, 0.15) is 26.2 Å². The molecule has 98 valence electrons. The molecular formula is C13H16Cl2N2O. The number of amides is 2. The number of nitrogens with zero attached hydrogens (tertiary/aromatic N) is 1. The number of anilines is 1. The predicted molar refractivity (Wildman–Crippen MR) is 75.5 cm³/mol. The number of likely N-dealkylation sites (tertiary alicyclic amines) is 1. The second-order valence-corrected chi connectivity index (χ2v) is 5.38. The number of nitrogens with one attached hydrogen (secondary N) is 1. The van der Waals surface area contributed by atoms with Crippen LogP contribution in [0.15, 0.2) is 18.2 Å². The Bertz CT molecular complexity index is 430. The monoisotopic (exact) mass is 286 g/mol. The van der Waals surface area contributed by atoms with Gasteiger partial charge in [-0.15, -0.1) is 0 Å². The van der Waals surface area contributed by atoms with E-state index in [1.54, 1.807) is 18.2 Å². The van der Waals surface area contributed by atoms with Crippen molar-refractivity contribution >= 4 is 34.9 Å². The fourth-order valence-corrected chi connectivity index (χ4v) is 2.69. The molecule has 0 radical (unpaired) electrons. The van der Waals surface area contributed by atoms with E-state index in [9.17, 15) is 4.79 Å². The third-order valence-electron chi connectivity index (χ3n) is 3.26. The molecule has 0 aromatic heterocycles. The fourth-order valence-electron chi connectivity index (χ4n) is 2.20. The minimum Gasteiger partial charge on any atom is -0.322 e. The third kappa shape index (κ3) is 2.90. The van der Waals surface area contributed by atoms with E-state index in [2.05, 4.69) is 12.2 Å². The standard InChI is InChI=1S/C13H16Cl2N2O/c1-9-5-2-3-8-17(9)13(18)16-12-10(14)6-4-7-11(12)15/h4,6-7,9H,2-3,5,8H2,1H3,(H,16,18)/t9-/m0/s1. The Hall–Kier alpha value is -0.930. The van der Waals surface area contributed by atoms with E-state index in [1.807, 2.05) is 4.90 Å². The van der Waals surface area contributed by atoms with Gasteiger partial charge in [0.1, 0.15) is 0 Å². The van der Waals surface area contributed by atoms with Gasteiger partial charge in [-0.05, 0) is 38.3 Å². The highest BCUT2D eigenvalue weighted by atomic mass is 35.5. The van der Waals surface area contributed by atoms with Crippen LogP contribution < -0.4 is 5.32 Å². The van der Waals surface area contributed by atoms with Gasteiger partial charge in [0.2, 0.25) is 0 Å². The lowest BCUT2D eigenvalue weighted by atomic mass is 10.0. The number of carbonyl (C=O) groups excluding carboxylic acids is 1. The Morgan fingerprint density at radius 3 is 2.61 bits per heavy atom. The first-order chi connectivity index (χ1) is 8.59. The molecule has 1 aliphatic heterocycles. The molecule has 1 N–H and O–H groups in total. The SMILES string of the molecule is C[C@H]1CCCCN1C(=O)Nc1c(Cl)cccc1Cl. The Balaban J connectivity index is 2.11. The second-order valence-electron chi connectivity index (χ2n) is 4.57. The molecule has 0 saturated carbocycles. The Labute approximate surface area is 117 Å². The molecule has 1 atom stereocenters. The van der Waals surface area contributed by atoms with E-state index < -0.39 is 0 Å². The van der Waals surface area contributed by atoms with Crippen LogP contribution in [0.3, 0.4) is 0 Å². The van der Waals surface area contributed by atoms with Crippen molar-refractivity contribution < 1.29 is 4.79 Å². The zero-order valence-electron chi connectivity index (χ0n) is 10.2. The van der Waals surface area contributed by atoms with Crippen LogP contribution in [0.4, 0.5) is 10.5 Å². The summed E-state index contributed by atoms with van der Waals surface area (Å²) in [4.78, 5) is 14.0. The highest BCUT2D eigenvalue weighted by molar-refractivity contribution is 6.39. The highest BCUT2D eigenvalue weighted by Gasteiger charge is 2.24. The van der Waals surface area contributed by atoms with Gasteiger partial charge in [-0.2, -0.15) is 0 Å². The average Bonchev–Trinajstić information content (AvgIpc) is 2.34. The molecule has 1 aromatic carbocycles. The van der Waals surface area contributed by atoms with Gasteiger partial charge in [-0.3, -0.25) is 0 Å².